The monoisotopic (exact) mass is 319 g/mol. The summed E-state index contributed by atoms with van der Waals surface area (Å²) >= 11 is 0. The van der Waals surface area contributed by atoms with E-state index in [9.17, 15) is 4.79 Å². The second kappa shape index (κ2) is 6.87. The van der Waals surface area contributed by atoms with Gasteiger partial charge in [-0.15, -0.1) is 5.10 Å². The number of rotatable bonds is 5. The van der Waals surface area contributed by atoms with E-state index in [1.54, 1.807) is 24.4 Å². The first-order valence-electron chi connectivity index (χ1n) is 7.51. The highest BCUT2D eigenvalue weighted by Crippen LogP contribution is 2.18. The Morgan fingerprint density at radius 3 is 2.54 bits per heavy atom. The standard InChI is InChI=1S/C18H17N5O/c1-12-6-8-15(9-7-12)20-17-11-19-23-18(22-17)21-16-5-3-4-14(10-16)13(2)24/h3-11H,1-2H3,(H2,20,21,22,23). The van der Waals surface area contributed by atoms with Gasteiger partial charge in [-0.05, 0) is 38.1 Å². The summed E-state index contributed by atoms with van der Waals surface area (Å²) in [6, 6.07) is 15.2. The Balaban J connectivity index is 1.76. The van der Waals surface area contributed by atoms with Crippen LogP contribution in [0, 0.1) is 6.92 Å². The van der Waals surface area contributed by atoms with Crippen LogP contribution in [0.3, 0.4) is 0 Å². The van der Waals surface area contributed by atoms with Gasteiger partial charge >= 0.3 is 0 Å². The topological polar surface area (TPSA) is 79.8 Å². The van der Waals surface area contributed by atoms with E-state index in [0.717, 1.165) is 11.4 Å². The molecule has 0 atom stereocenters. The highest BCUT2D eigenvalue weighted by atomic mass is 16.1. The van der Waals surface area contributed by atoms with Gasteiger partial charge < -0.3 is 10.6 Å². The highest BCUT2D eigenvalue weighted by molar-refractivity contribution is 5.95. The lowest BCUT2D eigenvalue weighted by Crippen LogP contribution is -2.03. The fraction of sp³-hybridized carbons (Fsp3) is 0.111. The van der Waals surface area contributed by atoms with E-state index in [0.29, 0.717) is 17.3 Å². The van der Waals surface area contributed by atoms with Crippen LogP contribution in [0.1, 0.15) is 22.8 Å². The van der Waals surface area contributed by atoms with Crippen LogP contribution >= 0.6 is 0 Å². The second-order valence-corrected chi connectivity index (χ2v) is 5.42. The number of nitrogens with one attached hydrogen (secondary N) is 2. The molecule has 0 saturated carbocycles. The largest absolute Gasteiger partial charge is 0.339 e. The summed E-state index contributed by atoms with van der Waals surface area (Å²) in [5, 5.41) is 14.2. The van der Waals surface area contributed by atoms with Crippen molar-refractivity contribution in [1.29, 1.82) is 0 Å². The Kier molecular flexibility index (Phi) is 4.47. The molecule has 0 aliphatic rings. The molecule has 120 valence electrons. The lowest BCUT2D eigenvalue weighted by molar-refractivity contribution is 0.101. The number of aryl methyl sites for hydroxylation is 1. The Hall–Kier alpha value is -3.28. The minimum atomic E-state index is 0.00693. The van der Waals surface area contributed by atoms with Gasteiger partial charge in [0, 0.05) is 16.9 Å². The van der Waals surface area contributed by atoms with Crippen LogP contribution in [0.15, 0.2) is 54.7 Å². The third-order valence-corrected chi connectivity index (χ3v) is 3.41. The normalized spacial score (nSPS) is 10.2. The summed E-state index contributed by atoms with van der Waals surface area (Å²) in [6.45, 7) is 3.57. The summed E-state index contributed by atoms with van der Waals surface area (Å²) in [5.41, 5.74) is 3.47. The van der Waals surface area contributed by atoms with Crippen LogP contribution in [0.5, 0.6) is 0 Å². The van der Waals surface area contributed by atoms with Crippen molar-refractivity contribution in [2.24, 2.45) is 0 Å². The molecular formula is C18H17N5O. The SMILES string of the molecule is CC(=O)c1cccc(Nc2nncc(Nc3ccc(C)cc3)n2)c1. The predicted molar refractivity (Wildman–Crippen MR) is 94.0 cm³/mol. The Labute approximate surface area is 140 Å². The van der Waals surface area contributed by atoms with Crippen LogP contribution in [0.25, 0.3) is 0 Å². The maximum absolute atomic E-state index is 11.4. The molecule has 0 spiro atoms. The van der Waals surface area contributed by atoms with Crippen molar-refractivity contribution in [3.8, 4) is 0 Å². The predicted octanol–water partition coefficient (Wildman–Crippen LogP) is 3.87. The van der Waals surface area contributed by atoms with Gasteiger partial charge in [0.25, 0.3) is 0 Å². The van der Waals surface area contributed by atoms with Crippen molar-refractivity contribution >= 4 is 28.9 Å². The number of carbonyl (C=O) groups is 1. The van der Waals surface area contributed by atoms with E-state index in [-0.39, 0.29) is 5.78 Å². The summed E-state index contributed by atoms with van der Waals surface area (Å²) < 4.78 is 0. The van der Waals surface area contributed by atoms with Crippen LogP contribution in [0.4, 0.5) is 23.1 Å². The summed E-state index contributed by atoms with van der Waals surface area (Å²) in [7, 11) is 0. The van der Waals surface area contributed by atoms with Gasteiger partial charge in [-0.2, -0.15) is 10.1 Å². The molecule has 0 saturated heterocycles. The van der Waals surface area contributed by atoms with Gasteiger partial charge in [-0.3, -0.25) is 4.79 Å². The molecule has 24 heavy (non-hydrogen) atoms. The zero-order valence-corrected chi connectivity index (χ0v) is 13.4. The number of benzene rings is 2. The smallest absolute Gasteiger partial charge is 0.249 e. The molecule has 0 amide bonds. The number of hydrogen-bond donors (Lipinski definition) is 2. The molecule has 0 aliphatic heterocycles. The second-order valence-electron chi connectivity index (χ2n) is 5.42. The molecule has 1 heterocycles. The lowest BCUT2D eigenvalue weighted by atomic mass is 10.1. The molecule has 2 aromatic carbocycles. The third-order valence-electron chi connectivity index (χ3n) is 3.41. The van der Waals surface area contributed by atoms with E-state index in [1.165, 1.54) is 12.5 Å². The van der Waals surface area contributed by atoms with Crippen molar-refractivity contribution in [3.05, 3.63) is 65.9 Å². The minimum Gasteiger partial charge on any atom is -0.339 e. The van der Waals surface area contributed by atoms with E-state index in [1.807, 2.05) is 37.3 Å². The van der Waals surface area contributed by atoms with Gasteiger partial charge in [0.2, 0.25) is 5.95 Å². The number of ketones is 1. The first-order chi connectivity index (χ1) is 11.6. The van der Waals surface area contributed by atoms with Crippen LogP contribution in [-0.4, -0.2) is 21.0 Å². The zero-order chi connectivity index (χ0) is 16.9. The van der Waals surface area contributed by atoms with E-state index in [2.05, 4.69) is 25.8 Å². The van der Waals surface area contributed by atoms with Crippen molar-refractivity contribution < 1.29 is 4.79 Å². The molecular weight excluding hydrogens is 302 g/mol. The fourth-order valence-electron chi connectivity index (χ4n) is 2.15. The van der Waals surface area contributed by atoms with Gasteiger partial charge in [0.05, 0.1) is 6.20 Å². The van der Waals surface area contributed by atoms with Crippen LogP contribution in [0.2, 0.25) is 0 Å². The summed E-state index contributed by atoms with van der Waals surface area (Å²) in [5.74, 6) is 0.944. The zero-order valence-electron chi connectivity index (χ0n) is 13.4. The van der Waals surface area contributed by atoms with E-state index >= 15 is 0 Å². The molecule has 0 unspecified atom stereocenters. The molecule has 3 rings (SSSR count). The van der Waals surface area contributed by atoms with Crippen molar-refractivity contribution in [2.45, 2.75) is 13.8 Å². The van der Waals surface area contributed by atoms with Gasteiger partial charge in [-0.1, -0.05) is 29.8 Å². The molecule has 2 N–H and O–H groups in total. The number of aromatic nitrogens is 3. The van der Waals surface area contributed by atoms with Crippen LogP contribution in [-0.2, 0) is 0 Å². The minimum absolute atomic E-state index is 0.00693. The molecule has 3 aromatic rings. The number of nitrogens with zero attached hydrogens (tertiary/aromatic N) is 3. The summed E-state index contributed by atoms with van der Waals surface area (Å²) in [6.07, 6.45) is 1.55. The van der Waals surface area contributed by atoms with Gasteiger partial charge in [-0.25, -0.2) is 0 Å². The molecule has 6 nitrogen and oxygen atoms in total. The van der Waals surface area contributed by atoms with Crippen molar-refractivity contribution in [3.63, 3.8) is 0 Å². The number of anilines is 4. The third kappa shape index (κ3) is 3.92. The maximum atomic E-state index is 11.4. The summed E-state index contributed by atoms with van der Waals surface area (Å²) in [4.78, 5) is 15.8. The molecule has 0 radical (unpaired) electrons. The Morgan fingerprint density at radius 2 is 1.79 bits per heavy atom. The first-order valence-corrected chi connectivity index (χ1v) is 7.51. The van der Waals surface area contributed by atoms with Crippen LogP contribution < -0.4 is 10.6 Å². The first kappa shape index (κ1) is 15.6. The lowest BCUT2D eigenvalue weighted by Gasteiger charge is -2.08. The van der Waals surface area contributed by atoms with Crippen molar-refractivity contribution in [2.75, 3.05) is 10.6 Å². The molecule has 0 bridgehead atoms. The number of carbonyl (C=O) groups excluding carboxylic acids is 1. The van der Waals surface area contributed by atoms with Gasteiger partial charge in [0.1, 0.15) is 0 Å². The fourth-order valence-corrected chi connectivity index (χ4v) is 2.15. The van der Waals surface area contributed by atoms with E-state index in [4.69, 9.17) is 0 Å². The molecule has 1 aromatic heterocycles. The Bertz CT molecular complexity index is 861. The number of Topliss-reactive ketones (excluding diaryl/α,β-unsaturated/α-hetero) is 1. The average molecular weight is 319 g/mol. The maximum Gasteiger partial charge on any atom is 0.249 e. The molecule has 0 aliphatic carbocycles. The number of hydrogen-bond acceptors (Lipinski definition) is 6. The average Bonchev–Trinajstić information content (AvgIpc) is 2.57. The van der Waals surface area contributed by atoms with E-state index < -0.39 is 0 Å². The molecule has 6 heteroatoms. The quantitative estimate of drug-likeness (QED) is 0.695. The van der Waals surface area contributed by atoms with Crippen molar-refractivity contribution in [1.82, 2.24) is 15.2 Å². The molecule has 0 fully saturated rings. The van der Waals surface area contributed by atoms with Gasteiger partial charge in [0.15, 0.2) is 11.6 Å². The Morgan fingerprint density at radius 1 is 1.00 bits per heavy atom. The highest BCUT2D eigenvalue weighted by Gasteiger charge is 2.04.